The molecule has 1 amide bonds. The van der Waals surface area contributed by atoms with Crippen LogP contribution in [0.1, 0.15) is 21.1 Å². The van der Waals surface area contributed by atoms with Gasteiger partial charge in [0.2, 0.25) is 0 Å². The molecule has 94 valence electrons. The maximum atomic E-state index is 12.0. The summed E-state index contributed by atoms with van der Waals surface area (Å²) in [5.41, 5.74) is 4.49. The van der Waals surface area contributed by atoms with Crippen LogP contribution in [0.3, 0.4) is 0 Å². The van der Waals surface area contributed by atoms with E-state index in [1.54, 1.807) is 29.5 Å². The van der Waals surface area contributed by atoms with E-state index in [4.69, 9.17) is 5.84 Å². The highest BCUT2D eigenvalue weighted by atomic mass is 32.1. The van der Waals surface area contributed by atoms with Gasteiger partial charge in [-0.15, -0.1) is 11.3 Å². The highest BCUT2D eigenvalue weighted by Crippen LogP contribution is 2.13. The Labute approximate surface area is 109 Å². The summed E-state index contributed by atoms with van der Waals surface area (Å²) in [7, 11) is 0. The zero-order chi connectivity index (χ0) is 13.0. The molecule has 0 aliphatic rings. The van der Waals surface area contributed by atoms with Crippen molar-refractivity contribution in [2.75, 3.05) is 5.43 Å². The number of hydrazine groups is 1. The first-order valence-electron chi connectivity index (χ1n) is 5.45. The number of nitrogens with zero attached hydrogens (tertiary/aromatic N) is 1. The molecule has 1 aromatic carbocycles. The smallest absolute Gasteiger partial charge is 0.253 e. The largest absolute Gasteiger partial charge is 0.346 e. The van der Waals surface area contributed by atoms with Crippen LogP contribution in [0.2, 0.25) is 0 Å². The molecule has 0 atom stereocenters. The Bertz CT molecular complexity index is 553. The number of rotatable bonds is 4. The molecule has 0 bridgehead atoms. The van der Waals surface area contributed by atoms with Crippen LogP contribution < -0.4 is 16.6 Å². The number of hydrogen-bond donors (Lipinski definition) is 3. The van der Waals surface area contributed by atoms with Gasteiger partial charge in [0.25, 0.3) is 5.91 Å². The van der Waals surface area contributed by atoms with E-state index in [-0.39, 0.29) is 5.91 Å². The monoisotopic (exact) mass is 262 g/mol. The van der Waals surface area contributed by atoms with Crippen molar-refractivity contribution in [1.29, 1.82) is 0 Å². The third-order valence-electron chi connectivity index (χ3n) is 2.42. The van der Waals surface area contributed by atoms with Crippen LogP contribution in [-0.4, -0.2) is 10.9 Å². The van der Waals surface area contributed by atoms with Crippen molar-refractivity contribution in [2.24, 2.45) is 5.84 Å². The van der Waals surface area contributed by atoms with Crippen molar-refractivity contribution in [3.05, 3.63) is 45.9 Å². The predicted molar refractivity (Wildman–Crippen MR) is 72.3 cm³/mol. The predicted octanol–water partition coefficient (Wildman–Crippen LogP) is 1.67. The molecule has 0 saturated carbocycles. The molecule has 2 aromatic rings. The normalized spacial score (nSPS) is 10.1. The molecule has 4 N–H and O–H groups in total. The molecule has 1 aromatic heterocycles. The van der Waals surface area contributed by atoms with Gasteiger partial charge in [-0.1, -0.05) is 12.1 Å². The van der Waals surface area contributed by atoms with Crippen molar-refractivity contribution in [2.45, 2.75) is 13.5 Å². The standard InChI is InChI=1S/C12H14N4OS/c1-8-15-9(7-18-8)6-14-12(17)10-4-2-3-5-11(10)16-13/h2-5,7,16H,6,13H2,1H3,(H,14,17). The van der Waals surface area contributed by atoms with Crippen LogP contribution in [0.5, 0.6) is 0 Å². The molecule has 0 aliphatic heterocycles. The van der Waals surface area contributed by atoms with Gasteiger partial charge in [-0.05, 0) is 19.1 Å². The summed E-state index contributed by atoms with van der Waals surface area (Å²) in [6.45, 7) is 2.35. The van der Waals surface area contributed by atoms with E-state index in [0.29, 0.717) is 17.8 Å². The van der Waals surface area contributed by atoms with Crippen LogP contribution in [0, 0.1) is 6.92 Å². The van der Waals surface area contributed by atoms with E-state index in [1.807, 2.05) is 18.4 Å². The van der Waals surface area contributed by atoms with Gasteiger partial charge in [0.05, 0.1) is 28.5 Å². The van der Waals surface area contributed by atoms with Gasteiger partial charge >= 0.3 is 0 Å². The molecule has 2 rings (SSSR count). The zero-order valence-electron chi connectivity index (χ0n) is 9.93. The molecule has 0 aliphatic carbocycles. The highest BCUT2D eigenvalue weighted by Gasteiger charge is 2.10. The third kappa shape index (κ3) is 2.85. The number of nitrogens with one attached hydrogen (secondary N) is 2. The van der Waals surface area contributed by atoms with Crippen LogP contribution in [0.4, 0.5) is 5.69 Å². The Kier molecular flexibility index (Phi) is 3.91. The molecule has 1 heterocycles. The number of carbonyl (C=O) groups is 1. The Balaban J connectivity index is 2.03. The first kappa shape index (κ1) is 12.5. The molecule has 0 fully saturated rings. The lowest BCUT2D eigenvalue weighted by Crippen LogP contribution is -2.24. The van der Waals surface area contributed by atoms with Gasteiger partial charge in [0.15, 0.2) is 0 Å². The summed E-state index contributed by atoms with van der Waals surface area (Å²) < 4.78 is 0. The number of aromatic nitrogens is 1. The molecule has 0 radical (unpaired) electrons. The van der Waals surface area contributed by atoms with E-state index >= 15 is 0 Å². The lowest BCUT2D eigenvalue weighted by atomic mass is 10.1. The average Bonchev–Trinajstić information content (AvgIpc) is 2.81. The fourth-order valence-electron chi connectivity index (χ4n) is 1.56. The number of para-hydroxylation sites is 1. The average molecular weight is 262 g/mol. The van der Waals surface area contributed by atoms with Gasteiger partial charge in [0, 0.05) is 5.38 Å². The van der Waals surface area contributed by atoms with Crippen molar-refractivity contribution >= 4 is 22.9 Å². The Hall–Kier alpha value is -1.92. The van der Waals surface area contributed by atoms with Crippen LogP contribution >= 0.6 is 11.3 Å². The minimum absolute atomic E-state index is 0.172. The quantitative estimate of drug-likeness (QED) is 0.578. The number of nitrogens with two attached hydrogens (primary N) is 1. The minimum Gasteiger partial charge on any atom is -0.346 e. The fourth-order valence-corrected chi connectivity index (χ4v) is 2.18. The SMILES string of the molecule is Cc1nc(CNC(=O)c2ccccc2NN)cs1. The summed E-state index contributed by atoms with van der Waals surface area (Å²) in [5, 5.41) is 5.74. The number of nitrogen functional groups attached to an aromatic ring is 1. The maximum Gasteiger partial charge on any atom is 0.253 e. The number of benzene rings is 1. The number of hydrogen-bond acceptors (Lipinski definition) is 5. The van der Waals surface area contributed by atoms with E-state index in [2.05, 4.69) is 15.7 Å². The van der Waals surface area contributed by atoms with Crippen LogP contribution in [0.15, 0.2) is 29.6 Å². The molecular formula is C12H14N4OS. The number of anilines is 1. The van der Waals surface area contributed by atoms with Crippen molar-refractivity contribution in [3.8, 4) is 0 Å². The van der Waals surface area contributed by atoms with Crippen molar-refractivity contribution in [1.82, 2.24) is 10.3 Å². The lowest BCUT2D eigenvalue weighted by Gasteiger charge is -2.08. The number of amides is 1. The van der Waals surface area contributed by atoms with Gasteiger partial charge in [-0.2, -0.15) is 0 Å². The molecular weight excluding hydrogens is 248 g/mol. The van der Waals surface area contributed by atoms with E-state index in [9.17, 15) is 4.79 Å². The first-order chi connectivity index (χ1) is 8.70. The summed E-state index contributed by atoms with van der Waals surface area (Å²) >= 11 is 1.56. The molecule has 5 nitrogen and oxygen atoms in total. The second-order valence-corrected chi connectivity index (χ2v) is 4.79. The van der Waals surface area contributed by atoms with Gasteiger partial charge < -0.3 is 10.7 Å². The van der Waals surface area contributed by atoms with E-state index in [0.717, 1.165) is 10.7 Å². The minimum atomic E-state index is -0.172. The number of thiazole rings is 1. The second-order valence-electron chi connectivity index (χ2n) is 3.73. The van der Waals surface area contributed by atoms with Crippen molar-refractivity contribution in [3.63, 3.8) is 0 Å². The third-order valence-corrected chi connectivity index (χ3v) is 3.25. The number of carbonyl (C=O) groups excluding carboxylic acids is 1. The Morgan fingerprint density at radius 1 is 1.44 bits per heavy atom. The molecule has 0 saturated heterocycles. The van der Waals surface area contributed by atoms with Gasteiger partial charge in [-0.25, -0.2) is 4.98 Å². The Morgan fingerprint density at radius 3 is 2.89 bits per heavy atom. The molecule has 0 spiro atoms. The maximum absolute atomic E-state index is 12.0. The topological polar surface area (TPSA) is 80.0 Å². The fraction of sp³-hybridized carbons (Fsp3) is 0.167. The Morgan fingerprint density at radius 2 is 2.22 bits per heavy atom. The van der Waals surface area contributed by atoms with Gasteiger partial charge in [-0.3, -0.25) is 10.6 Å². The molecule has 0 unspecified atom stereocenters. The summed E-state index contributed by atoms with van der Waals surface area (Å²) in [6, 6.07) is 7.08. The van der Waals surface area contributed by atoms with E-state index in [1.165, 1.54) is 0 Å². The molecule has 18 heavy (non-hydrogen) atoms. The zero-order valence-corrected chi connectivity index (χ0v) is 10.8. The van der Waals surface area contributed by atoms with E-state index < -0.39 is 0 Å². The summed E-state index contributed by atoms with van der Waals surface area (Å²) in [6.07, 6.45) is 0. The van der Waals surface area contributed by atoms with Crippen LogP contribution in [0.25, 0.3) is 0 Å². The first-order valence-corrected chi connectivity index (χ1v) is 6.33. The van der Waals surface area contributed by atoms with Crippen molar-refractivity contribution < 1.29 is 4.79 Å². The summed E-state index contributed by atoms with van der Waals surface area (Å²) in [5.74, 6) is 5.19. The molecule has 6 heteroatoms. The lowest BCUT2D eigenvalue weighted by molar-refractivity contribution is 0.0951. The summed E-state index contributed by atoms with van der Waals surface area (Å²) in [4.78, 5) is 16.3. The highest BCUT2D eigenvalue weighted by molar-refractivity contribution is 7.09. The van der Waals surface area contributed by atoms with Crippen LogP contribution in [-0.2, 0) is 6.54 Å². The number of aryl methyl sites for hydroxylation is 1. The second kappa shape index (κ2) is 5.61. The van der Waals surface area contributed by atoms with Gasteiger partial charge in [0.1, 0.15) is 0 Å².